The molecule has 1 fully saturated rings. The van der Waals surface area contributed by atoms with Gasteiger partial charge in [0, 0.05) is 18.6 Å². The summed E-state index contributed by atoms with van der Waals surface area (Å²) in [5, 5.41) is 3.35. The van der Waals surface area contributed by atoms with Crippen LogP contribution < -0.4 is 10.1 Å². The van der Waals surface area contributed by atoms with Gasteiger partial charge >= 0.3 is 0 Å². The molecule has 1 N–H and O–H groups in total. The maximum absolute atomic E-state index is 12.3. The number of ether oxygens (including phenoxy) is 1. The third-order valence-electron chi connectivity index (χ3n) is 4.34. The van der Waals surface area contributed by atoms with Crippen LogP contribution in [0.2, 0.25) is 0 Å². The zero-order valence-corrected chi connectivity index (χ0v) is 12.6. The Morgan fingerprint density at radius 1 is 1.30 bits per heavy atom. The van der Waals surface area contributed by atoms with E-state index in [0.717, 1.165) is 37.2 Å². The van der Waals surface area contributed by atoms with E-state index in [0.29, 0.717) is 6.42 Å². The molecule has 20 heavy (non-hydrogen) atoms. The molecule has 1 aliphatic rings. The molecule has 1 heterocycles. The van der Waals surface area contributed by atoms with E-state index in [-0.39, 0.29) is 11.4 Å². The summed E-state index contributed by atoms with van der Waals surface area (Å²) in [4.78, 5) is 14.3. The Balaban J connectivity index is 1.89. The average Bonchev–Trinajstić information content (AvgIpc) is 2.48. The van der Waals surface area contributed by atoms with Crippen molar-refractivity contribution in [1.82, 2.24) is 10.2 Å². The molecule has 4 nitrogen and oxygen atoms in total. The summed E-state index contributed by atoms with van der Waals surface area (Å²) >= 11 is 0. The molecule has 110 valence electrons. The van der Waals surface area contributed by atoms with Crippen LogP contribution in [0.1, 0.15) is 25.3 Å². The van der Waals surface area contributed by atoms with Crippen molar-refractivity contribution in [2.45, 2.75) is 31.7 Å². The van der Waals surface area contributed by atoms with Crippen LogP contribution in [0.4, 0.5) is 0 Å². The third kappa shape index (κ3) is 3.51. The van der Waals surface area contributed by atoms with E-state index in [1.54, 1.807) is 7.11 Å². The van der Waals surface area contributed by atoms with E-state index < -0.39 is 0 Å². The Labute approximate surface area is 121 Å². The number of piperidine rings is 1. The van der Waals surface area contributed by atoms with Gasteiger partial charge in [-0.2, -0.15) is 0 Å². The maximum atomic E-state index is 12.3. The Morgan fingerprint density at radius 3 is 2.40 bits per heavy atom. The van der Waals surface area contributed by atoms with E-state index in [1.807, 2.05) is 36.2 Å². The summed E-state index contributed by atoms with van der Waals surface area (Å²) in [5.74, 6) is 1.04. The van der Waals surface area contributed by atoms with E-state index >= 15 is 0 Å². The summed E-state index contributed by atoms with van der Waals surface area (Å²) in [5.41, 5.74) is 1.22. The molecule has 1 amide bonds. The van der Waals surface area contributed by atoms with Crippen molar-refractivity contribution in [2.75, 3.05) is 27.2 Å². The first-order valence-corrected chi connectivity index (χ1v) is 7.16. The van der Waals surface area contributed by atoms with Crippen LogP contribution in [-0.2, 0) is 11.2 Å². The molecule has 0 saturated carbocycles. The number of rotatable bonds is 4. The number of likely N-dealkylation sites (tertiary alicyclic amines) is 1. The quantitative estimate of drug-likeness (QED) is 0.912. The number of amides is 1. The molecular formula is C16H24N2O2. The molecule has 1 aromatic carbocycles. The van der Waals surface area contributed by atoms with Gasteiger partial charge < -0.3 is 15.0 Å². The van der Waals surface area contributed by atoms with Gasteiger partial charge in [0.05, 0.1) is 13.5 Å². The monoisotopic (exact) mass is 276 g/mol. The van der Waals surface area contributed by atoms with Gasteiger partial charge in [-0.1, -0.05) is 12.1 Å². The highest BCUT2D eigenvalue weighted by Gasteiger charge is 2.30. The first-order valence-electron chi connectivity index (χ1n) is 7.16. The third-order valence-corrected chi connectivity index (χ3v) is 4.34. The van der Waals surface area contributed by atoms with Gasteiger partial charge in [-0.3, -0.25) is 4.79 Å². The van der Waals surface area contributed by atoms with Crippen molar-refractivity contribution in [3.05, 3.63) is 29.8 Å². The van der Waals surface area contributed by atoms with Crippen LogP contribution in [0.5, 0.6) is 5.75 Å². The second-order valence-electron chi connectivity index (χ2n) is 5.72. The fourth-order valence-electron chi connectivity index (χ4n) is 2.53. The predicted octanol–water partition coefficient (Wildman–Crippen LogP) is 1.84. The molecule has 0 radical (unpaired) electrons. The summed E-state index contributed by atoms with van der Waals surface area (Å²) in [7, 11) is 3.64. The fourth-order valence-corrected chi connectivity index (χ4v) is 2.53. The van der Waals surface area contributed by atoms with Crippen LogP contribution in [-0.4, -0.2) is 43.6 Å². The lowest BCUT2D eigenvalue weighted by atomic mass is 9.89. The number of carbonyl (C=O) groups excluding carboxylic acids is 1. The lowest BCUT2D eigenvalue weighted by Gasteiger charge is -2.39. The van der Waals surface area contributed by atoms with Crippen LogP contribution in [0.3, 0.4) is 0 Å². The van der Waals surface area contributed by atoms with Crippen molar-refractivity contribution < 1.29 is 9.53 Å². The van der Waals surface area contributed by atoms with Gasteiger partial charge in [0.1, 0.15) is 5.75 Å². The molecule has 0 unspecified atom stereocenters. The summed E-state index contributed by atoms with van der Waals surface area (Å²) in [6.45, 7) is 3.90. The number of benzene rings is 1. The highest BCUT2D eigenvalue weighted by Crippen LogP contribution is 2.22. The Kier molecular flexibility index (Phi) is 4.65. The minimum Gasteiger partial charge on any atom is -0.497 e. The Morgan fingerprint density at radius 2 is 1.90 bits per heavy atom. The first-order chi connectivity index (χ1) is 9.56. The first kappa shape index (κ1) is 14.9. The Bertz CT molecular complexity index is 448. The molecule has 0 aromatic heterocycles. The van der Waals surface area contributed by atoms with Crippen molar-refractivity contribution in [2.24, 2.45) is 0 Å². The molecule has 0 atom stereocenters. The second-order valence-corrected chi connectivity index (χ2v) is 5.72. The number of hydrogen-bond donors (Lipinski definition) is 1. The largest absolute Gasteiger partial charge is 0.497 e. The maximum Gasteiger partial charge on any atom is 0.226 e. The fraction of sp³-hybridized carbons (Fsp3) is 0.562. The molecule has 2 rings (SSSR count). The summed E-state index contributed by atoms with van der Waals surface area (Å²) in [6, 6.07) is 7.71. The van der Waals surface area contributed by atoms with Gasteiger partial charge in [0.15, 0.2) is 0 Å². The van der Waals surface area contributed by atoms with Crippen molar-refractivity contribution in [3.63, 3.8) is 0 Å². The summed E-state index contributed by atoms with van der Waals surface area (Å²) < 4.78 is 5.12. The molecule has 1 aliphatic heterocycles. The van der Waals surface area contributed by atoms with Gasteiger partial charge in [-0.25, -0.2) is 0 Å². The number of nitrogens with zero attached hydrogens (tertiary/aromatic N) is 1. The number of nitrogens with one attached hydrogen (secondary N) is 1. The number of methoxy groups -OCH3 is 1. The highest BCUT2D eigenvalue weighted by atomic mass is 16.5. The lowest BCUT2D eigenvalue weighted by molar-refractivity contribution is -0.132. The zero-order valence-electron chi connectivity index (χ0n) is 12.6. The molecule has 1 aromatic rings. The van der Waals surface area contributed by atoms with E-state index in [4.69, 9.17) is 4.74 Å². The van der Waals surface area contributed by atoms with Crippen molar-refractivity contribution >= 4 is 5.91 Å². The predicted molar refractivity (Wildman–Crippen MR) is 80.0 cm³/mol. The van der Waals surface area contributed by atoms with Gasteiger partial charge in [-0.15, -0.1) is 0 Å². The minimum absolute atomic E-state index is 0.177. The number of hydrogen-bond acceptors (Lipinski definition) is 3. The lowest BCUT2D eigenvalue weighted by Crippen LogP contribution is -2.51. The smallest absolute Gasteiger partial charge is 0.226 e. The van der Waals surface area contributed by atoms with Crippen LogP contribution in [0, 0.1) is 0 Å². The highest BCUT2D eigenvalue weighted by molar-refractivity contribution is 5.79. The van der Waals surface area contributed by atoms with Gasteiger partial charge in [-0.05, 0) is 44.5 Å². The minimum atomic E-state index is 0.177. The van der Waals surface area contributed by atoms with Crippen molar-refractivity contribution in [1.29, 1.82) is 0 Å². The van der Waals surface area contributed by atoms with Gasteiger partial charge in [0.2, 0.25) is 5.91 Å². The molecule has 0 spiro atoms. The van der Waals surface area contributed by atoms with Crippen LogP contribution in [0.25, 0.3) is 0 Å². The van der Waals surface area contributed by atoms with Crippen LogP contribution in [0.15, 0.2) is 24.3 Å². The SMILES string of the molecule is CNC1(C)CCN(C(=O)Cc2ccc(OC)cc2)CC1. The van der Waals surface area contributed by atoms with Crippen LogP contribution >= 0.6 is 0 Å². The van der Waals surface area contributed by atoms with Gasteiger partial charge in [0.25, 0.3) is 0 Å². The molecule has 0 aliphatic carbocycles. The van der Waals surface area contributed by atoms with E-state index in [2.05, 4.69) is 12.2 Å². The number of carbonyl (C=O) groups is 1. The average molecular weight is 276 g/mol. The standard InChI is InChI=1S/C16H24N2O2/c1-16(17-2)8-10-18(11-9-16)15(19)12-13-4-6-14(20-3)7-5-13/h4-7,17H,8-12H2,1-3H3. The zero-order chi connectivity index (χ0) is 14.6. The molecule has 4 heteroatoms. The molecule has 1 saturated heterocycles. The normalized spacial score (nSPS) is 17.9. The second kappa shape index (κ2) is 6.27. The topological polar surface area (TPSA) is 41.6 Å². The molecular weight excluding hydrogens is 252 g/mol. The van der Waals surface area contributed by atoms with E-state index in [9.17, 15) is 4.79 Å². The summed E-state index contributed by atoms with van der Waals surface area (Å²) in [6.07, 6.45) is 2.50. The van der Waals surface area contributed by atoms with E-state index in [1.165, 1.54) is 0 Å². The molecule has 0 bridgehead atoms. The van der Waals surface area contributed by atoms with Crippen molar-refractivity contribution in [3.8, 4) is 5.75 Å². The Hall–Kier alpha value is -1.55.